The molecule has 6 heteroatoms. The third kappa shape index (κ3) is 2.97. The van der Waals surface area contributed by atoms with E-state index in [9.17, 15) is 4.79 Å². The maximum Gasteiger partial charge on any atom is 0.494 e. The van der Waals surface area contributed by atoms with Crippen LogP contribution in [0.1, 0.15) is 33.3 Å². The molecular formula is C14H20BNO4. The van der Waals surface area contributed by atoms with Crippen LogP contribution < -0.4 is 10.8 Å². The summed E-state index contributed by atoms with van der Waals surface area (Å²) >= 11 is 0. The Labute approximate surface area is 119 Å². The maximum absolute atomic E-state index is 10.5. The van der Waals surface area contributed by atoms with Crippen molar-refractivity contribution in [2.45, 2.75) is 45.4 Å². The zero-order valence-electron chi connectivity index (χ0n) is 12.3. The van der Waals surface area contributed by atoms with Gasteiger partial charge < -0.3 is 19.7 Å². The summed E-state index contributed by atoms with van der Waals surface area (Å²) in [4.78, 5) is 10.5. The molecule has 1 aromatic carbocycles. The van der Waals surface area contributed by atoms with Crippen LogP contribution in [0.25, 0.3) is 0 Å². The summed E-state index contributed by atoms with van der Waals surface area (Å²) in [5.74, 6) is 0. The molecule has 2 N–H and O–H groups in total. The Bertz CT molecular complexity index is 500. The van der Waals surface area contributed by atoms with Crippen LogP contribution in [-0.4, -0.2) is 29.5 Å². The number of rotatable bonds is 3. The summed E-state index contributed by atoms with van der Waals surface area (Å²) in [6.45, 7) is 8.28. The lowest BCUT2D eigenvalue weighted by Crippen LogP contribution is -2.41. The zero-order chi connectivity index (χ0) is 15.0. The van der Waals surface area contributed by atoms with Crippen molar-refractivity contribution < 1.29 is 19.2 Å². The second-order valence-corrected chi connectivity index (χ2v) is 5.99. The second kappa shape index (κ2) is 5.11. The van der Waals surface area contributed by atoms with E-state index in [1.54, 1.807) is 0 Å². The van der Waals surface area contributed by atoms with E-state index in [-0.39, 0.29) is 17.7 Å². The summed E-state index contributed by atoms with van der Waals surface area (Å²) in [6.07, 6.45) is -1.04. The summed E-state index contributed by atoms with van der Waals surface area (Å²) < 4.78 is 11.9. The standard InChI is InChI=1S/C14H20BNO4/c1-13(2)14(3,4)20-15(19-13)11-7-5-6-10(8-11)9-16-12(17)18/h5-8,16H,9H2,1-4H3,(H,17,18). The number of amides is 1. The zero-order valence-corrected chi connectivity index (χ0v) is 12.3. The summed E-state index contributed by atoms with van der Waals surface area (Å²) in [6, 6.07) is 7.56. The van der Waals surface area contributed by atoms with Crippen molar-refractivity contribution >= 4 is 18.7 Å². The van der Waals surface area contributed by atoms with E-state index in [1.165, 1.54) is 0 Å². The predicted octanol–water partition coefficient (Wildman–Crippen LogP) is 1.75. The van der Waals surface area contributed by atoms with Crippen LogP contribution in [0.4, 0.5) is 4.79 Å². The summed E-state index contributed by atoms with van der Waals surface area (Å²) in [5, 5.41) is 11.0. The molecule has 0 aliphatic carbocycles. The second-order valence-electron chi connectivity index (χ2n) is 5.99. The van der Waals surface area contributed by atoms with Crippen molar-refractivity contribution in [1.82, 2.24) is 5.32 Å². The van der Waals surface area contributed by atoms with Gasteiger partial charge in [-0.3, -0.25) is 0 Å². The Kier molecular flexibility index (Phi) is 3.80. The van der Waals surface area contributed by atoms with Gasteiger partial charge in [0.1, 0.15) is 0 Å². The van der Waals surface area contributed by atoms with Crippen molar-refractivity contribution in [1.29, 1.82) is 0 Å². The van der Waals surface area contributed by atoms with Gasteiger partial charge >= 0.3 is 13.2 Å². The van der Waals surface area contributed by atoms with Crippen LogP contribution in [-0.2, 0) is 15.9 Å². The van der Waals surface area contributed by atoms with E-state index in [0.29, 0.717) is 0 Å². The Balaban J connectivity index is 2.14. The average Bonchev–Trinajstić information content (AvgIpc) is 2.56. The lowest BCUT2D eigenvalue weighted by Gasteiger charge is -2.32. The van der Waals surface area contributed by atoms with Crippen LogP contribution in [0, 0.1) is 0 Å². The summed E-state index contributed by atoms with van der Waals surface area (Å²) in [7, 11) is -0.426. The van der Waals surface area contributed by atoms with Crippen LogP contribution >= 0.6 is 0 Å². The van der Waals surface area contributed by atoms with Gasteiger partial charge in [0.25, 0.3) is 0 Å². The van der Waals surface area contributed by atoms with Crippen LogP contribution in [0.5, 0.6) is 0 Å². The molecule has 1 amide bonds. The van der Waals surface area contributed by atoms with E-state index in [4.69, 9.17) is 14.4 Å². The highest BCUT2D eigenvalue weighted by atomic mass is 16.7. The van der Waals surface area contributed by atoms with Gasteiger partial charge in [0.05, 0.1) is 11.2 Å². The van der Waals surface area contributed by atoms with Crippen LogP contribution in [0.15, 0.2) is 24.3 Å². The van der Waals surface area contributed by atoms with Gasteiger partial charge in [-0.25, -0.2) is 4.79 Å². The van der Waals surface area contributed by atoms with E-state index in [0.717, 1.165) is 11.0 Å². The number of hydrogen-bond donors (Lipinski definition) is 2. The van der Waals surface area contributed by atoms with Gasteiger partial charge in [0.15, 0.2) is 0 Å². The van der Waals surface area contributed by atoms with Gasteiger partial charge in [-0.2, -0.15) is 0 Å². The minimum atomic E-state index is -1.04. The number of carbonyl (C=O) groups is 1. The molecule has 0 spiro atoms. The molecule has 0 aromatic heterocycles. The van der Waals surface area contributed by atoms with E-state index < -0.39 is 13.2 Å². The fourth-order valence-electron chi connectivity index (χ4n) is 2.01. The highest BCUT2D eigenvalue weighted by Gasteiger charge is 2.51. The van der Waals surface area contributed by atoms with Crippen molar-refractivity contribution in [2.24, 2.45) is 0 Å². The monoisotopic (exact) mass is 277 g/mol. The maximum atomic E-state index is 10.5. The minimum absolute atomic E-state index is 0.267. The third-order valence-electron chi connectivity index (χ3n) is 3.92. The largest absolute Gasteiger partial charge is 0.494 e. The van der Waals surface area contributed by atoms with Crippen LogP contribution in [0.2, 0.25) is 0 Å². The molecule has 0 saturated carbocycles. The SMILES string of the molecule is CC1(C)OB(c2cccc(CNC(=O)O)c2)OC1(C)C. The first-order chi connectivity index (χ1) is 9.21. The Hall–Kier alpha value is -1.53. The highest BCUT2D eigenvalue weighted by Crippen LogP contribution is 2.36. The summed E-state index contributed by atoms with van der Waals surface area (Å²) in [5.41, 5.74) is 1.01. The molecule has 1 aliphatic rings. The minimum Gasteiger partial charge on any atom is -0.465 e. The molecule has 2 rings (SSSR count). The van der Waals surface area contributed by atoms with Crippen molar-refractivity contribution in [3.8, 4) is 0 Å². The number of nitrogens with one attached hydrogen (secondary N) is 1. The van der Waals surface area contributed by atoms with E-state index >= 15 is 0 Å². The Morgan fingerprint density at radius 2 is 1.85 bits per heavy atom. The first-order valence-corrected chi connectivity index (χ1v) is 6.62. The smallest absolute Gasteiger partial charge is 0.465 e. The Morgan fingerprint density at radius 3 is 2.40 bits per heavy atom. The van der Waals surface area contributed by atoms with Crippen molar-refractivity contribution in [2.75, 3.05) is 0 Å². The van der Waals surface area contributed by atoms with Gasteiger partial charge in [-0.05, 0) is 38.7 Å². The molecule has 0 unspecified atom stereocenters. The lowest BCUT2D eigenvalue weighted by molar-refractivity contribution is 0.00578. The van der Waals surface area contributed by atoms with E-state index in [1.807, 2.05) is 52.0 Å². The van der Waals surface area contributed by atoms with Gasteiger partial charge in [0, 0.05) is 6.54 Å². The number of benzene rings is 1. The number of carboxylic acid groups (broad SMARTS) is 1. The molecule has 1 fully saturated rings. The van der Waals surface area contributed by atoms with Gasteiger partial charge in [-0.15, -0.1) is 0 Å². The molecule has 1 heterocycles. The molecule has 0 atom stereocenters. The van der Waals surface area contributed by atoms with E-state index in [2.05, 4.69) is 5.32 Å². The molecular weight excluding hydrogens is 257 g/mol. The third-order valence-corrected chi connectivity index (χ3v) is 3.92. The molecule has 108 valence electrons. The fraction of sp³-hybridized carbons (Fsp3) is 0.500. The normalized spacial score (nSPS) is 19.9. The predicted molar refractivity (Wildman–Crippen MR) is 77.0 cm³/mol. The van der Waals surface area contributed by atoms with Crippen molar-refractivity contribution in [3.63, 3.8) is 0 Å². The van der Waals surface area contributed by atoms with Crippen molar-refractivity contribution in [3.05, 3.63) is 29.8 Å². The molecule has 1 saturated heterocycles. The molecule has 0 radical (unpaired) electrons. The first kappa shape index (κ1) is 14.9. The lowest BCUT2D eigenvalue weighted by atomic mass is 9.78. The molecule has 5 nitrogen and oxygen atoms in total. The molecule has 0 bridgehead atoms. The van der Waals surface area contributed by atoms with Gasteiger partial charge in [-0.1, -0.05) is 24.3 Å². The number of hydrogen-bond acceptors (Lipinski definition) is 3. The van der Waals surface area contributed by atoms with Gasteiger partial charge in [0.2, 0.25) is 0 Å². The van der Waals surface area contributed by atoms with Crippen LogP contribution in [0.3, 0.4) is 0 Å². The molecule has 20 heavy (non-hydrogen) atoms. The molecule has 1 aliphatic heterocycles. The fourth-order valence-corrected chi connectivity index (χ4v) is 2.01. The Morgan fingerprint density at radius 1 is 1.25 bits per heavy atom. The topological polar surface area (TPSA) is 67.8 Å². The quantitative estimate of drug-likeness (QED) is 0.826. The highest BCUT2D eigenvalue weighted by molar-refractivity contribution is 6.62. The first-order valence-electron chi connectivity index (χ1n) is 6.62. The average molecular weight is 277 g/mol. The molecule has 1 aromatic rings.